The molecule has 0 heterocycles. The van der Waals surface area contributed by atoms with Crippen molar-refractivity contribution in [1.29, 1.82) is 0 Å². The van der Waals surface area contributed by atoms with Crippen LogP contribution in [0.2, 0.25) is 0 Å². The van der Waals surface area contributed by atoms with Crippen LogP contribution >= 0.6 is 0 Å². The molecule has 9 heavy (non-hydrogen) atoms. The van der Waals surface area contributed by atoms with Gasteiger partial charge in [0.15, 0.2) is 0 Å². The minimum absolute atomic E-state index is 0.333. The van der Waals surface area contributed by atoms with Crippen molar-refractivity contribution in [3.8, 4) is 0 Å². The maximum atomic E-state index is 9.41. The molecule has 56 valence electrons. The number of carbonyl (C=O) groups is 1. The van der Waals surface area contributed by atoms with Gasteiger partial charge in [0, 0.05) is 6.92 Å². The average Bonchev–Trinajstić information content (AvgIpc) is 1.19. The van der Waals surface area contributed by atoms with Gasteiger partial charge in [-0.15, -0.1) is 0 Å². The van der Waals surface area contributed by atoms with E-state index < -0.39 is 10.0 Å². The fourth-order valence-corrected chi connectivity index (χ4v) is 0. The van der Waals surface area contributed by atoms with E-state index >= 15 is 0 Å². The third-order valence-corrected chi connectivity index (χ3v) is 0. The minimum Gasteiger partial charge on any atom is -0.370 e. The van der Waals surface area contributed by atoms with E-state index in [0.717, 1.165) is 6.26 Å². The minimum atomic E-state index is -3.17. The Morgan fingerprint density at radius 3 is 1.44 bits per heavy atom. The molecule has 0 aliphatic rings. The summed E-state index contributed by atoms with van der Waals surface area (Å²) in [6, 6.07) is 0. The standard InChI is InChI=1S/C2H5NO.CH5NO2S/c1-2(3)4;1-5(2,3)4/h1H3,(H2,3,4);1H3,(H2,2,3,4). The van der Waals surface area contributed by atoms with Crippen molar-refractivity contribution >= 4 is 15.9 Å². The van der Waals surface area contributed by atoms with Crippen LogP contribution < -0.4 is 10.9 Å². The third-order valence-electron chi connectivity index (χ3n) is 0. The molecular weight excluding hydrogens is 144 g/mol. The molecule has 0 spiro atoms. The van der Waals surface area contributed by atoms with Crippen LogP contribution in [0.4, 0.5) is 0 Å². The maximum Gasteiger partial charge on any atom is 0.214 e. The second-order valence-corrected chi connectivity index (χ2v) is 3.10. The number of primary amides is 1. The Hall–Kier alpha value is -0.620. The summed E-state index contributed by atoms with van der Waals surface area (Å²) in [5, 5.41) is 4.33. The first-order valence-electron chi connectivity index (χ1n) is 1.97. The van der Waals surface area contributed by atoms with E-state index in [-0.39, 0.29) is 5.91 Å². The Morgan fingerprint density at radius 2 is 1.44 bits per heavy atom. The molecule has 0 atom stereocenters. The predicted octanol–water partition coefficient (Wildman–Crippen LogP) is -1.60. The average molecular weight is 154 g/mol. The molecule has 0 saturated heterocycles. The highest BCUT2D eigenvalue weighted by atomic mass is 32.2. The molecule has 0 aromatic rings. The number of sulfonamides is 1. The van der Waals surface area contributed by atoms with E-state index in [1.165, 1.54) is 6.92 Å². The lowest BCUT2D eigenvalue weighted by Gasteiger charge is -1.71. The number of carbonyl (C=O) groups excluding carboxylic acids is 1. The second-order valence-electron chi connectivity index (χ2n) is 1.44. The smallest absolute Gasteiger partial charge is 0.214 e. The van der Waals surface area contributed by atoms with Crippen molar-refractivity contribution < 1.29 is 13.2 Å². The zero-order valence-electron chi connectivity index (χ0n) is 5.29. The molecule has 0 aromatic carbocycles. The van der Waals surface area contributed by atoms with Crippen LogP contribution in [-0.2, 0) is 14.8 Å². The van der Waals surface area contributed by atoms with Crippen LogP contribution in [0.15, 0.2) is 0 Å². The molecule has 0 aliphatic heterocycles. The molecule has 0 rings (SSSR count). The van der Waals surface area contributed by atoms with Crippen molar-refractivity contribution in [3.63, 3.8) is 0 Å². The van der Waals surface area contributed by atoms with Crippen LogP contribution in [0.5, 0.6) is 0 Å². The molecule has 0 aliphatic carbocycles. The topological polar surface area (TPSA) is 103 Å². The fourth-order valence-electron chi connectivity index (χ4n) is 0. The van der Waals surface area contributed by atoms with E-state index in [1.807, 2.05) is 0 Å². The van der Waals surface area contributed by atoms with Gasteiger partial charge in [0.25, 0.3) is 0 Å². The van der Waals surface area contributed by atoms with E-state index in [1.54, 1.807) is 0 Å². The first-order valence-corrected chi connectivity index (χ1v) is 3.92. The van der Waals surface area contributed by atoms with Crippen LogP contribution in [0.1, 0.15) is 6.92 Å². The number of rotatable bonds is 0. The molecule has 0 unspecified atom stereocenters. The van der Waals surface area contributed by atoms with E-state index in [9.17, 15) is 13.2 Å². The van der Waals surface area contributed by atoms with Crippen LogP contribution in [0.3, 0.4) is 0 Å². The van der Waals surface area contributed by atoms with Crippen molar-refractivity contribution in [2.24, 2.45) is 10.9 Å². The first kappa shape index (κ1) is 11.2. The Kier molecular flexibility index (Phi) is 5.33. The third kappa shape index (κ3) is 556. The van der Waals surface area contributed by atoms with Crippen LogP contribution in [0.25, 0.3) is 0 Å². The summed E-state index contributed by atoms with van der Waals surface area (Å²) in [5.74, 6) is -0.333. The van der Waals surface area contributed by atoms with E-state index in [4.69, 9.17) is 0 Å². The summed E-state index contributed by atoms with van der Waals surface area (Å²) >= 11 is 0. The summed E-state index contributed by atoms with van der Waals surface area (Å²) in [6.07, 6.45) is 0.938. The second kappa shape index (κ2) is 4.28. The number of hydrogen-bond acceptors (Lipinski definition) is 3. The Bertz CT molecular complexity index is 159. The van der Waals surface area contributed by atoms with Gasteiger partial charge >= 0.3 is 0 Å². The summed E-state index contributed by atoms with van der Waals surface area (Å²) in [6.45, 7) is 1.31. The molecule has 0 radical (unpaired) electrons. The van der Waals surface area contributed by atoms with Gasteiger partial charge in [0.05, 0.1) is 6.26 Å². The van der Waals surface area contributed by atoms with Crippen molar-refractivity contribution in [2.45, 2.75) is 6.92 Å². The van der Waals surface area contributed by atoms with Gasteiger partial charge in [-0.2, -0.15) is 0 Å². The highest BCUT2D eigenvalue weighted by Gasteiger charge is 1.78. The van der Waals surface area contributed by atoms with E-state index in [0.29, 0.717) is 0 Å². The van der Waals surface area contributed by atoms with Gasteiger partial charge in [0.1, 0.15) is 0 Å². The van der Waals surface area contributed by atoms with Crippen LogP contribution in [-0.4, -0.2) is 20.6 Å². The molecule has 0 bridgehead atoms. The molecule has 6 heteroatoms. The van der Waals surface area contributed by atoms with E-state index in [2.05, 4.69) is 10.9 Å². The molecule has 0 aromatic heterocycles. The SMILES string of the molecule is CC(N)=O.CS(N)(=O)=O. The van der Waals surface area contributed by atoms with Crippen molar-refractivity contribution in [1.82, 2.24) is 0 Å². The van der Waals surface area contributed by atoms with Crippen molar-refractivity contribution in [2.75, 3.05) is 6.26 Å². The number of primary sulfonamides is 1. The quantitative estimate of drug-likeness (QED) is 0.439. The lowest BCUT2D eigenvalue weighted by Crippen LogP contribution is -2.07. The Labute approximate surface area is 54.1 Å². The van der Waals surface area contributed by atoms with Gasteiger partial charge in [-0.1, -0.05) is 0 Å². The summed E-state index contributed by atoms with van der Waals surface area (Å²) in [5.41, 5.74) is 4.47. The van der Waals surface area contributed by atoms with Gasteiger partial charge < -0.3 is 5.73 Å². The summed E-state index contributed by atoms with van der Waals surface area (Å²) < 4.78 is 18.8. The summed E-state index contributed by atoms with van der Waals surface area (Å²) in [4.78, 5) is 9.22. The molecule has 1 amide bonds. The molecule has 0 fully saturated rings. The summed E-state index contributed by atoms with van der Waals surface area (Å²) in [7, 11) is -3.17. The molecule has 5 nitrogen and oxygen atoms in total. The maximum absolute atomic E-state index is 9.41. The number of amides is 1. The molecular formula is C3H10N2O3S. The van der Waals surface area contributed by atoms with Gasteiger partial charge in [-0.05, 0) is 0 Å². The molecule has 4 N–H and O–H groups in total. The van der Waals surface area contributed by atoms with Gasteiger partial charge in [-0.25, -0.2) is 13.6 Å². The highest BCUT2D eigenvalue weighted by Crippen LogP contribution is 1.52. The Balaban J connectivity index is 0. The zero-order valence-corrected chi connectivity index (χ0v) is 6.10. The lowest BCUT2D eigenvalue weighted by molar-refractivity contribution is -0.115. The van der Waals surface area contributed by atoms with Gasteiger partial charge in [0.2, 0.25) is 15.9 Å². The number of hydrogen-bond donors (Lipinski definition) is 2. The monoisotopic (exact) mass is 154 g/mol. The van der Waals surface area contributed by atoms with Crippen molar-refractivity contribution in [3.05, 3.63) is 0 Å². The first-order chi connectivity index (χ1) is 3.73. The zero-order chi connectivity index (χ0) is 8.08. The number of nitrogens with two attached hydrogens (primary N) is 2. The Morgan fingerprint density at radius 1 is 1.44 bits per heavy atom. The predicted molar refractivity (Wildman–Crippen MR) is 33.9 cm³/mol. The fraction of sp³-hybridized carbons (Fsp3) is 0.667. The van der Waals surface area contributed by atoms with Gasteiger partial charge in [-0.3, -0.25) is 4.79 Å². The highest BCUT2D eigenvalue weighted by molar-refractivity contribution is 7.88. The normalized spacial score (nSPS) is 9.22. The largest absolute Gasteiger partial charge is 0.370 e. The van der Waals surface area contributed by atoms with Crippen LogP contribution in [0, 0.1) is 0 Å². The lowest BCUT2D eigenvalue weighted by atomic mass is 10.8. The molecule has 0 saturated carbocycles.